The minimum Gasteiger partial charge on any atom is -0.352 e. The third kappa shape index (κ3) is 0.952. The molecule has 0 bridgehead atoms. The molecule has 1 heterocycles. The van der Waals surface area contributed by atoms with Gasteiger partial charge in [-0.25, -0.2) is 0 Å². The quantitative estimate of drug-likeness (QED) is 0.683. The van der Waals surface area contributed by atoms with E-state index in [2.05, 4.69) is 27.0 Å². The number of H-pyrrole nitrogens is 1. The first-order valence-corrected chi connectivity index (χ1v) is 3.71. The molecule has 52 valence electrons. The number of aromatic amines is 1. The van der Waals surface area contributed by atoms with Gasteiger partial charge in [0, 0.05) is 5.69 Å². The molecule has 0 atom stereocenters. The van der Waals surface area contributed by atoms with Crippen molar-refractivity contribution in [3.8, 4) is 6.07 Å². The fourth-order valence-corrected chi connectivity index (χ4v) is 1.38. The van der Waals surface area contributed by atoms with E-state index in [1.807, 2.05) is 13.8 Å². The van der Waals surface area contributed by atoms with Gasteiger partial charge in [0.05, 0.1) is 10.2 Å². The number of hydrogen-bond donors (Lipinski definition) is 1. The number of hydrogen-bond acceptors (Lipinski definition) is 1. The third-order valence-corrected chi connectivity index (χ3v) is 2.28. The highest BCUT2D eigenvalue weighted by Crippen LogP contribution is 2.20. The van der Waals surface area contributed by atoms with E-state index in [1.54, 1.807) is 0 Å². The summed E-state index contributed by atoms with van der Waals surface area (Å²) >= 11 is 3.30. The van der Waals surface area contributed by atoms with E-state index in [-0.39, 0.29) is 0 Å². The molecule has 1 aromatic rings. The van der Waals surface area contributed by atoms with Crippen LogP contribution in [0.2, 0.25) is 0 Å². The van der Waals surface area contributed by atoms with Crippen LogP contribution < -0.4 is 0 Å². The van der Waals surface area contributed by atoms with Gasteiger partial charge in [0.25, 0.3) is 0 Å². The molecule has 0 spiro atoms. The van der Waals surface area contributed by atoms with Crippen LogP contribution in [-0.2, 0) is 0 Å². The molecule has 2 nitrogen and oxygen atoms in total. The Morgan fingerprint density at radius 2 is 2.10 bits per heavy atom. The predicted molar refractivity (Wildman–Crippen MR) is 42.7 cm³/mol. The van der Waals surface area contributed by atoms with Crippen molar-refractivity contribution in [1.29, 1.82) is 5.26 Å². The first-order chi connectivity index (χ1) is 4.66. The minimum absolute atomic E-state index is 0.742. The lowest BCUT2D eigenvalue weighted by Gasteiger charge is -1.84. The molecule has 0 fully saturated rings. The molecule has 0 aromatic carbocycles. The summed E-state index contributed by atoms with van der Waals surface area (Å²) in [5.74, 6) is 0. The van der Waals surface area contributed by atoms with Gasteiger partial charge < -0.3 is 4.98 Å². The van der Waals surface area contributed by atoms with Crippen LogP contribution in [0.5, 0.6) is 0 Å². The van der Waals surface area contributed by atoms with Gasteiger partial charge >= 0.3 is 0 Å². The SMILES string of the molecule is Cc1[nH]c(Br)c(C)c1C#N. The Morgan fingerprint density at radius 3 is 2.30 bits per heavy atom. The zero-order valence-electron chi connectivity index (χ0n) is 5.83. The van der Waals surface area contributed by atoms with Gasteiger partial charge in [0.1, 0.15) is 6.07 Å². The summed E-state index contributed by atoms with van der Waals surface area (Å²) in [6, 6.07) is 2.12. The molecule has 0 saturated carbocycles. The maximum Gasteiger partial charge on any atom is 0.101 e. The highest BCUT2D eigenvalue weighted by atomic mass is 79.9. The topological polar surface area (TPSA) is 39.6 Å². The lowest BCUT2D eigenvalue weighted by molar-refractivity contribution is 1.22. The number of aryl methyl sites for hydroxylation is 1. The van der Waals surface area contributed by atoms with E-state index in [0.717, 1.165) is 21.4 Å². The number of halogens is 1. The summed E-state index contributed by atoms with van der Waals surface area (Å²) in [5, 5.41) is 8.62. The van der Waals surface area contributed by atoms with E-state index in [1.165, 1.54) is 0 Å². The Kier molecular flexibility index (Phi) is 1.82. The van der Waals surface area contributed by atoms with Gasteiger partial charge in [0.15, 0.2) is 0 Å². The Hall–Kier alpha value is -0.750. The van der Waals surface area contributed by atoms with E-state index in [9.17, 15) is 0 Å². The molecule has 0 aliphatic carbocycles. The molecular weight excluding hydrogens is 192 g/mol. The zero-order valence-corrected chi connectivity index (χ0v) is 7.41. The molecule has 1 aromatic heterocycles. The van der Waals surface area contributed by atoms with E-state index in [4.69, 9.17) is 5.26 Å². The highest BCUT2D eigenvalue weighted by molar-refractivity contribution is 9.10. The number of rotatable bonds is 0. The fraction of sp³-hybridized carbons (Fsp3) is 0.286. The van der Waals surface area contributed by atoms with Gasteiger partial charge in [-0.2, -0.15) is 5.26 Å². The maximum atomic E-state index is 8.62. The Morgan fingerprint density at radius 1 is 1.50 bits per heavy atom. The molecule has 0 unspecified atom stereocenters. The normalized spacial score (nSPS) is 9.40. The molecule has 0 aliphatic rings. The monoisotopic (exact) mass is 198 g/mol. The van der Waals surface area contributed by atoms with Crippen molar-refractivity contribution >= 4 is 15.9 Å². The molecular formula is C7H7BrN2. The molecule has 1 N–H and O–H groups in total. The second kappa shape index (κ2) is 2.47. The van der Waals surface area contributed by atoms with Crippen molar-refractivity contribution in [3.63, 3.8) is 0 Å². The minimum atomic E-state index is 0.742. The summed E-state index contributed by atoms with van der Waals surface area (Å²) in [5.41, 5.74) is 2.65. The fourth-order valence-electron chi connectivity index (χ4n) is 0.880. The van der Waals surface area contributed by atoms with Crippen molar-refractivity contribution in [1.82, 2.24) is 4.98 Å². The standard InChI is InChI=1S/C7H7BrN2/c1-4-6(3-9)5(2)10-7(4)8/h10H,1-2H3. The molecule has 0 saturated heterocycles. The van der Waals surface area contributed by atoms with Gasteiger partial charge in [-0.1, -0.05) is 0 Å². The zero-order chi connectivity index (χ0) is 7.72. The summed E-state index contributed by atoms with van der Waals surface area (Å²) in [6.07, 6.45) is 0. The van der Waals surface area contributed by atoms with Crippen LogP contribution in [0.15, 0.2) is 4.60 Å². The van der Waals surface area contributed by atoms with Crippen LogP contribution in [0.25, 0.3) is 0 Å². The highest BCUT2D eigenvalue weighted by Gasteiger charge is 2.06. The Labute approximate surface area is 68.0 Å². The van der Waals surface area contributed by atoms with E-state index >= 15 is 0 Å². The van der Waals surface area contributed by atoms with Gasteiger partial charge in [-0.05, 0) is 35.3 Å². The van der Waals surface area contributed by atoms with E-state index < -0.39 is 0 Å². The van der Waals surface area contributed by atoms with Crippen molar-refractivity contribution < 1.29 is 0 Å². The summed E-state index contributed by atoms with van der Waals surface area (Å²) in [6.45, 7) is 3.79. The lowest BCUT2D eigenvalue weighted by Crippen LogP contribution is -1.76. The molecule has 1 rings (SSSR count). The van der Waals surface area contributed by atoms with Crippen LogP contribution >= 0.6 is 15.9 Å². The van der Waals surface area contributed by atoms with Crippen LogP contribution in [-0.4, -0.2) is 4.98 Å². The Balaban J connectivity index is 3.37. The van der Waals surface area contributed by atoms with Gasteiger partial charge in [-0.15, -0.1) is 0 Å². The Bertz CT molecular complexity index is 293. The van der Waals surface area contributed by atoms with Crippen LogP contribution in [0.1, 0.15) is 16.8 Å². The summed E-state index contributed by atoms with van der Waals surface area (Å²) < 4.78 is 0.904. The van der Waals surface area contributed by atoms with Crippen molar-refractivity contribution in [2.75, 3.05) is 0 Å². The van der Waals surface area contributed by atoms with Crippen LogP contribution in [0, 0.1) is 25.2 Å². The second-order valence-electron chi connectivity index (χ2n) is 2.18. The van der Waals surface area contributed by atoms with Crippen molar-refractivity contribution in [2.45, 2.75) is 13.8 Å². The third-order valence-electron chi connectivity index (χ3n) is 1.49. The van der Waals surface area contributed by atoms with Crippen LogP contribution in [0.4, 0.5) is 0 Å². The van der Waals surface area contributed by atoms with Crippen LogP contribution in [0.3, 0.4) is 0 Å². The summed E-state index contributed by atoms with van der Waals surface area (Å²) in [7, 11) is 0. The number of nitrogens with zero attached hydrogens (tertiary/aromatic N) is 1. The first kappa shape index (κ1) is 7.36. The molecule has 0 amide bonds. The van der Waals surface area contributed by atoms with E-state index in [0.29, 0.717) is 0 Å². The number of nitriles is 1. The molecule has 3 heteroatoms. The van der Waals surface area contributed by atoms with Crippen molar-refractivity contribution in [2.24, 2.45) is 0 Å². The maximum absolute atomic E-state index is 8.62. The number of nitrogens with one attached hydrogen (secondary N) is 1. The van der Waals surface area contributed by atoms with Gasteiger partial charge in [0.2, 0.25) is 0 Å². The first-order valence-electron chi connectivity index (χ1n) is 2.91. The smallest absolute Gasteiger partial charge is 0.101 e. The number of aromatic nitrogens is 1. The second-order valence-corrected chi connectivity index (χ2v) is 2.97. The molecule has 10 heavy (non-hydrogen) atoms. The summed E-state index contributed by atoms with van der Waals surface area (Å²) in [4.78, 5) is 3.02. The lowest BCUT2D eigenvalue weighted by atomic mass is 10.2. The predicted octanol–water partition coefficient (Wildman–Crippen LogP) is 2.27. The molecule has 0 aliphatic heterocycles. The largest absolute Gasteiger partial charge is 0.352 e. The average molecular weight is 199 g/mol. The molecule has 0 radical (unpaired) electrons. The van der Waals surface area contributed by atoms with Gasteiger partial charge in [-0.3, -0.25) is 0 Å². The average Bonchev–Trinajstić information content (AvgIpc) is 2.09. The van der Waals surface area contributed by atoms with Crippen molar-refractivity contribution in [3.05, 3.63) is 21.4 Å².